The second-order valence-electron chi connectivity index (χ2n) is 3.50. The van der Waals surface area contributed by atoms with Crippen molar-refractivity contribution in [1.29, 1.82) is 0 Å². The van der Waals surface area contributed by atoms with Gasteiger partial charge in [0.1, 0.15) is 10.8 Å². The summed E-state index contributed by atoms with van der Waals surface area (Å²) >= 11 is 5.77. The topological polar surface area (TPSA) is 61.8 Å². The highest BCUT2D eigenvalue weighted by Gasteiger charge is 2.19. The van der Waals surface area contributed by atoms with Gasteiger partial charge in [0.15, 0.2) is 0 Å². The van der Waals surface area contributed by atoms with Gasteiger partial charge in [-0.05, 0) is 19.3 Å². The summed E-state index contributed by atoms with van der Waals surface area (Å²) in [5.74, 6) is 0. The number of aromatic nitrogens is 1. The number of hydrogen-bond donors (Lipinski definition) is 3. The Balaban J connectivity index is 2.15. The molecule has 0 amide bonds. The summed E-state index contributed by atoms with van der Waals surface area (Å²) in [7, 11) is 0. The molecule has 1 aliphatic carbocycles. The molecule has 1 saturated carbocycles. The minimum absolute atomic E-state index is 0.442. The Morgan fingerprint density at radius 1 is 1.57 bits per heavy atom. The lowest BCUT2D eigenvalue weighted by atomic mass is 9.93. The van der Waals surface area contributed by atoms with Crippen molar-refractivity contribution < 1.29 is 10.7 Å². The first-order valence-electron chi connectivity index (χ1n) is 4.69. The lowest BCUT2D eigenvalue weighted by Crippen LogP contribution is -2.74. The Bertz CT molecular complexity index is 328. The molecule has 0 unspecified atom stereocenters. The van der Waals surface area contributed by atoms with Crippen LogP contribution in [0.4, 0.5) is 11.4 Å². The molecule has 0 aromatic carbocycles. The summed E-state index contributed by atoms with van der Waals surface area (Å²) in [5.41, 5.74) is 2.59. The Morgan fingerprint density at radius 2 is 2.36 bits per heavy atom. The number of hydrogen-bond acceptors (Lipinski definition) is 3. The predicted octanol–water partition coefficient (Wildman–Crippen LogP) is 1.28. The molecule has 2 rings (SSSR count). The van der Waals surface area contributed by atoms with E-state index >= 15 is 0 Å². The number of anilines is 1. The second-order valence-corrected chi connectivity index (χ2v) is 3.88. The van der Waals surface area contributed by atoms with Gasteiger partial charge < -0.3 is 5.32 Å². The minimum Gasteiger partial charge on any atom is -0.377 e. The monoisotopic (exact) mass is 214 g/mol. The standard InChI is InChI=1S/C9H12ClN3O/c10-9-4-7(8(13-14)5-11-9)12-6-2-1-3-6/h4-6,13-14H,1-3H2,(H,11,12)/p+1. The van der Waals surface area contributed by atoms with Gasteiger partial charge in [-0.3, -0.25) is 0 Å². The zero-order valence-corrected chi connectivity index (χ0v) is 8.46. The van der Waals surface area contributed by atoms with Crippen LogP contribution in [0.5, 0.6) is 0 Å². The molecular weight excluding hydrogens is 202 g/mol. The van der Waals surface area contributed by atoms with Crippen LogP contribution < -0.4 is 10.8 Å². The highest BCUT2D eigenvalue weighted by molar-refractivity contribution is 6.29. The van der Waals surface area contributed by atoms with Crippen LogP contribution in [0.15, 0.2) is 12.3 Å². The van der Waals surface area contributed by atoms with Crippen LogP contribution >= 0.6 is 11.6 Å². The van der Waals surface area contributed by atoms with Crippen molar-refractivity contribution in [2.45, 2.75) is 25.3 Å². The molecule has 0 atom stereocenters. The van der Waals surface area contributed by atoms with Crippen molar-refractivity contribution in [3.63, 3.8) is 0 Å². The van der Waals surface area contributed by atoms with Gasteiger partial charge in [-0.25, -0.2) is 10.2 Å². The van der Waals surface area contributed by atoms with Crippen LogP contribution in [0.1, 0.15) is 19.3 Å². The van der Waals surface area contributed by atoms with Crippen molar-refractivity contribution in [1.82, 2.24) is 4.98 Å². The molecule has 0 bridgehead atoms. The van der Waals surface area contributed by atoms with Gasteiger partial charge in [0.2, 0.25) is 5.69 Å². The summed E-state index contributed by atoms with van der Waals surface area (Å²) in [6.07, 6.45) is 5.20. The third kappa shape index (κ3) is 1.97. The van der Waals surface area contributed by atoms with E-state index in [-0.39, 0.29) is 0 Å². The first kappa shape index (κ1) is 9.71. The van der Waals surface area contributed by atoms with Gasteiger partial charge in [-0.2, -0.15) is 5.48 Å². The van der Waals surface area contributed by atoms with E-state index in [1.54, 1.807) is 12.3 Å². The van der Waals surface area contributed by atoms with E-state index in [0.717, 1.165) is 11.2 Å². The molecule has 0 radical (unpaired) electrons. The van der Waals surface area contributed by atoms with E-state index in [4.69, 9.17) is 16.8 Å². The summed E-state index contributed by atoms with van der Waals surface area (Å²) in [4.78, 5) is 3.90. The van der Waals surface area contributed by atoms with Gasteiger partial charge in [0.05, 0.1) is 6.20 Å². The average Bonchev–Trinajstić information content (AvgIpc) is 2.12. The number of nitrogens with one attached hydrogen (secondary N) is 1. The normalized spacial score (nSPS) is 16.4. The number of nitrogens with two attached hydrogens (primary N) is 1. The Kier molecular flexibility index (Phi) is 2.86. The van der Waals surface area contributed by atoms with Crippen molar-refractivity contribution in [3.8, 4) is 0 Å². The lowest BCUT2D eigenvalue weighted by molar-refractivity contribution is -0.825. The summed E-state index contributed by atoms with van der Waals surface area (Å²) in [5, 5.41) is 12.7. The van der Waals surface area contributed by atoms with E-state index in [9.17, 15) is 0 Å². The molecule has 1 aromatic rings. The van der Waals surface area contributed by atoms with Gasteiger partial charge >= 0.3 is 0 Å². The third-order valence-electron chi connectivity index (χ3n) is 2.51. The first-order valence-corrected chi connectivity index (χ1v) is 5.07. The quantitative estimate of drug-likeness (QED) is 0.525. The van der Waals surface area contributed by atoms with Gasteiger partial charge in [-0.15, -0.1) is 0 Å². The largest absolute Gasteiger partial charge is 0.377 e. The van der Waals surface area contributed by atoms with Crippen molar-refractivity contribution in [2.24, 2.45) is 0 Å². The number of nitrogens with zero attached hydrogens (tertiary/aromatic N) is 1. The third-order valence-corrected chi connectivity index (χ3v) is 2.71. The molecule has 0 spiro atoms. The molecule has 0 saturated heterocycles. The number of halogens is 1. The minimum atomic E-state index is 0.442. The summed E-state index contributed by atoms with van der Waals surface area (Å²) in [6.45, 7) is 0. The van der Waals surface area contributed by atoms with Crippen molar-refractivity contribution in [2.75, 3.05) is 5.32 Å². The highest BCUT2D eigenvalue weighted by Crippen LogP contribution is 2.26. The molecule has 76 valence electrons. The fourth-order valence-corrected chi connectivity index (χ4v) is 1.60. The van der Waals surface area contributed by atoms with E-state index in [0.29, 0.717) is 16.9 Å². The maximum atomic E-state index is 8.96. The molecular formula is C9H13ClN3O+. The second kappa shape index (κ2) is 4.13. The molecule has 0 aliphatic heterocycles. The lowest BCUT2D eigenvalue weighted by Gasteiger charge is -2.27. The zero-order valence-electron chi connectivity index (χ0n) is 7.70. The zero-order chi connectivity index (χ0) is 9.97. The first-order chi connectivity index (χ1) is 6.79. The molecule has 1 fully saturated rings. The molecule has 5 heteroatoms. The Morgan fingerprint density at radius 3 is 2.93 bits per heavy atom. The van der Waals surface area contributed by atoms with Crippen molar-refractivity contribution >= 4 is 23.0 Å². The maximum Gasteiger partial charge on any atom is 0.203 e. The van der Waals surface area contributed by atoms with E-state index in [2.05, 4.69) is 10.3 Å². The van der Waals surface area contributed by atoms with Crippen LogP contribution in [-0.2, 0) is 0 Å². The van der Waals surface area contributed by atoms with Crippen molar-refractivity contribution in [3.05, 3.63) is 17.4 Å². The summed E-state index contributed by atoms with van der Waals surface area (Å²) < 4.78 is 0. The van der Waals surface area contributed by atoms with Crippen LogP contribution in [0, 0.1) is 0 Å². The summed E-state index contributed by atoms with van der Waals surface area (Å²) in [6, 6.07) is 2.26. The molecule has 4 nitrogen and oxygen atoms in total. The Labute approximate surface area is 87.3 Å². The van der Waals surface area contributed by atoms with E-state index < -0.39 is 0 Å². The van der Waals surface area contributed by atoms with Gasteiger partial charge in [0.25, 0.3) is 0 Å². The maximum absolute atomic E-state index is 8.96. The number of pyridine rings is 1. The highest BCUT2D eigenvalue weighted by atomic mass is 35.5. The fraction of sp³-hybridized carbons (Fsp3) is 0.444. The van der Waals surface area contributed by atoms with Gasteiger partial charge in [-0.1, -0.05) is 11.6 Å². The van der Waals surface area contributed by atoms with E-state index in [1.165, 1.54) is 19.3 Å². The molecule has 14 heavy (non-hydrogen) atoms. The SMILES string of the molecule is O[NH2+]c1cnc(Cl)cc1NC1CCC1. The van der Waals surface area contributed by atoms with Crippen LogP contribution in [0.25, 0.3) is 0 Å². The van der Waals surface area contributed by atoms with Crippen LogP contribution in [0.3, 0.4) is 0 Å². The molecule has 1 aliphatic rings. The van der Waals surface area contributed by atoms with Crippen LogP contribution in [0.2, 0.25) is 5.15 Å². The average molecular weight is 215 g/mol. The molecule has 1 heterocycles. The Hall–Kier alpha value is -0.840. The van der Waals surface area contributed by atoms with Crippen LogP contribution in [-0.4, -0.2) is 16.2 Å². The number of quaternary nitrogens is 1. The molecule has 4 N–H and O–H groups in total. The number of rotatable bonds is 3. The smallest absolute Gasteiger partial charge is 0.203 e. The van der Waals surface area contributed by atoms with E-state index in [1.807, 2.05) is 0 Å². The predicted molar refractivity (Wildman–Crippen MR) is 53.9 cm³/mol. The fourth-order valence-electron chi connectivity index (χ4n) is 1.44. The molecule has 1 aromatic heterocycles. The van der Waals surface area contributed by atoms with Gasteiger partial charge in [0, 0.05) is 12.1 Å².